The number of halogens is 1. The van der Waals surface area contributed by atoms with E-state index in [0.717, 1.165) is 0 Å². The highest BCUT2D eigenvalue weighted by Crippen LogP contribution is 2.23. The number of esters is 2. The number of carbonyl (C=O) groups is 3. The van der Waals surface area contributed by atoms with E-state index in [1.54, 1.807) is 24.3 Å². The lowest BCUT2D eigenvalue weighted by Gasteiger charge is -2.10. The molecule has 1 amide bonds. The molecule has 8 heteroatoms. The van der Waals surface area contributed by atoms with Crippen molar-refractivity contribution < 1.29 is 28.6 Å². The van der Waals surface area contributed by atoms with Crippen LogP contribution in [0.4, 0.5) is 5.69 Å². The predicted molar refractivity (Wildman–Crippen MR) is 99.3 cm³/mol. The molecule has 0 radical (unpaired) electrons. The zero-order valence-corrected chi connectivity index (χ0v) is 15.5. The maximum Gasteiger partial charge on any atom is 0.337 e. The number of hydrogen-bond acceptors (Lipinski definition) is 6. The van der Waals surface area contributed by atoms with E-state index in [2.05, 4.69) is 14.8 Å². The smallest absolute Gasteiger partial charge is 0.337 e. The van der Waals surface area contributed by atoms with Crippen molar-refractivity contribution >= 4 is 35.1 Å². The summed E-state index contributed by atoms with van der Waals surface area (Å²) < 4.78 is 14.8. The highest BCUT2D eigenvalue weighted by atomic mass is 35.5. The molecule has 0 aromatic heterocycles. The van der Waals surface area contributed by atoms with Crippen LogP contribution in [0.15, 0.2) is 42.5 Å². The van der Waals surface area contributed by atoms with E-state index in [1.165, 1.54) is 32.4 Å². The lowest BCUT2D eigenvalue weighted by Crippen LogP contribution is -2.16. The zero-order chi connectivity index (χ0) is 19.8. The normalized spacial score (nSPS) is 10.0. The molecule has 0 aliphatic heterocycles. The summed E-state index contributed by atoms with van der Waals surface area (Å²) in [4.78, 5) is 35.6. The minimum absolute atomic E-state index is 0.0429. The number of nitrogens with one attached hydrogen (secondary N) is 1. The average Bonchev–Trinajstić information content (AvgIpc) is 2.67. The number of anilines is 1. The molecule has 2 aromatic rings. The van der Waals surface area contributed by atoms with Crippen LogP contribution < -0.4 is 10.1 Å². The van der Waals surface area contributed by atoms with E-state index in [9.17, 15) is 14.4 Å². The molecule has 1 N–H and O–H groups in total. The molecule has 0 fully saturated rings. The topological polar surface area (TPSA) is 90.9 Å². The second kappa shape index (κ2) is 9.59. The van der Waals surface area contributed by atoms with Crippen LogP contribution in [-0.4, -0.2) is 38.7 Å². The summed E-state index contributed by atoms with van der Waals surface area (Å²) in [5.74, 6) is -1.16. The molecule has 0 aliphatic carbocycles. The molecule has 0 unspecified atom stereocenters. The van der Waals surface area contributed by atoms with Gasteiger partial charge in [0.1, 0.15) is 5.75 Å². The first-order valence-corrected chi connectivity index (χ1v) is 8.31. The second-order valence-electron chi connectivity index (χ2n) is 5.36. The van der Waals surface area contributed by atoms with Crippen LogP contribution in [0.1, 0.15) is 27.1 Å². The molecule has 2 rings (SSSR count). The van der Waals surface area contributed by atoms with E-state index >= 15 is 0 Å². The van der Waals surface area contributed by atoms with Crippen molar-refractivity contribution in [3.05, 3.63) is 58.6 Å². The van der Waals surface area contributed by atoms with E-state index in [1.807, 2.05) is 0 Å². The molecule has 142 valence electrons. The van der Waals surface area contributed by atoms with Crippen molar-refractivity contribution in [2.75, 3.05) is 26.1 Å². The molecule has 7 nitrogen and oxygen atoms in total. The largest absolute Gasteiger partial charge is 0.491 e. The molecule has 0 saturated carbocycles. The Morgan fingerprint density at radius 3 is 2.11 bits per heavy atom. The summed E-state index contributed by atoms with van der Waals surface area (Å²) in [6, 6.07) is 11.1. The number of ether oxygens (including phenoxy) is 3. The second-order valence-corrected chi connectivity index (χ2v) is 5.77. The maximum atomic E-state index is 12.1. The van der Waals surface area contributed by atoms with E-state index in [4.69, 9.17) is 16.3 Å². The zero-order valence-electron chi connectivity index (χ0n) is 14.8. The van der Waals surface area contributed by atoms with Crippen LogP contribution >= 0.6 is 11.6 Å². The Morgan fingerprint density at radius 1 is 0.963 bits per heavy atom. The predicted octanol–water partition coefficient (Wildman–Crippen LogP) is 3.32. The highest BCUT2D eigenvalue weighted by molar-refractivity contribution is 6.32. The van der Waals surface area contributed by atoms with Gasteiger partial charge in [-0.3, -0.25) is 4.79 Å². The van der Waals surface area contributed by atoms with Crippen molar-refractivity contribution in [2.24, 2.45) is 0 Å². The molecule has 0 aliphatic rings. The summed E-state index contributed by atoms with van der Waals surface area (Å²) >= 11 is 5.98. The van der Waals surface area contributed by atoms with Gasteiger partial charge in [-0.05, 0) is 30.3 Å². The first-order chi connectivity index (χ1) is 12.9. The molecular weight excluding hydrogens is 374 g/mol. The summed E-state index contributed by atoms with van der Waals surface area (Å²) in [5.41, 5.74) is 0.493. The van der Waals surface area contributed by atoms with Gasteiger partial charge in [-0.1, -0.05) is 23.7 Å². The van der Waals surface area contributed by atoms with Gasteiger partial charge in [0, 0.05) is 5.69 Å². The Kier molecular flexibility index (Phi) is 7.19. The van der Waals surface area contributed by atoms with Crippen LogP contribution in [0.3, 0.4) is 0 Å². The van der Waals surface area contributed by atoms with Gasteiger partial charge in [0.05, 0.1) is 43.4 Å². The fourth-order valence-corrected chi connectivity index (χ4v) is 2.40. The SMILES string of the molecule is COC(=O)c1cc(NC(=O)CCOc2ccccc2Cl)cc(C(=O)OC)c1. The Labute approximate surface area is 161 Å². The minimum atomic E-state index is -0.640. The first-order valence-electron chi connectivity index (χ1n) is 7.93. The average molecular weight is 392 g/mol. The number of carbonyl (C=O) groups excluding carboxylic acids is 3. The number of hydrogen-bond donors (Lipinski definition) is 1. The molecule has 27 heavy (non-hydrogen) atoms. The fourth-order valence-electron chi connectivity index (χ4n) is 2.21. The van der Waals surface area contributed by atoms with E-state index < -0.39 is 11.9 Å². The van der Waals surface area contributed by atoms with Crippen LogP contribution in [0.5, 0.6) is 5.75 Å². The van der Waals surface area contributed by atoms with Gasteiger partial charge < -0.3 is 19.5 Å². The molecular formula is C19H18ClNO6. The third-order valence-electron chi connectivity index (χ3n) is 3.48. The van der Waals surface area contributed by atoms with Crippen molar-refractivity contribution in [1.82, 2.24) is 0 Å². The van der Waals surface area contributed by atoms with Crippen LogP contribution in [-0.2, 0) is 14.3 Å². The third kappa shape index (κ3) is 5.72. The van der Waals surface area contributed by atoms with Crippen molar-refractivity contribution in [2.45, 2.75) is 6.42 Å². The van der Waals surface area contributed by atoms with Crippen LogP contribution in [0, 0.1) is 0 Å². The van der Waals surface area contributed by atoms with Gasteiger partial charge in [0.25, 0.3) is 0 Å². The Hall–Kier alpha value is -3.06. The van der Waals surface area contributed by atoms with E-state index in [-0.39, 0.29) is 35.7 Å². The van der Waals surface area contributed by atoms with Crippen molar-refractivity contribution in [1.29, 1.82) is 0 Å². The molecule has 0 spiro atoms. The van der Waals surface area contributed by atoms with Crippen molar-refractivity contribution in [3.8, 4) is 5.75 Å². The fraction of sp³-hybridized carbons (Fsp3) is 0.211. The highest BCUT2D eigenvalue weighted by Gasteiger charge is 2.15. The van der Waals surface area contributed by atoms with Gasteiger partial charge >= 0.3 is 11.9 Å². The van der Waals surface area contributed by atoms with Gasteiger partial charge in [-0.25, -0.2) is 9.59 Å². The van der Waals surface area contributed by atoms with Crippen molar-refractivity contribution in [3.63, 3.8) is 0 Å². The lowest BCUT2D eigenvalue weighted by atomic mass is 10.1. The number of methoxy groups -OCH3 is 2. The van der Waals surface area contributed by atoms with Gasteiger partial charge in [0.2, 0.25) is 5.91 Å². The Morgan fingerprint density at radius 2 is 1.56 bits per heavy atom. The summed E-state index contributed by atoms with van der Waals surface area (Å²) in [5, 5.41) is 3.06. The Balaban J connectivity index is 2.04. The summed E-state index contributed by atoms with van der Waals surface area (Å²) in [6.45, 7) is 0.107. The minimum Gasteiger partial charge on any atom is -0.491 e. The van der Waals surface area contributed by atoms with Crippen LogP contribution in [0.25, 0.3) is 0 Å². The first kappa shape index (κ1) is 20.3. The lowest BCUT2D eigenvalue weighted by molar-refractivity contribution is -0.116. The number of benzene rings is 2. The third-order valence-corrected chi connectivity index (χ3v) is 3.79. The molecule has 0 saturated heterocycles. The number of amides is 1. The summed E-state index contributed by atoms with van der Waals surface area (Å²) in [7, 11) is 2.44. The van der Waals surface area contributed by atoms with Gasteiger partial charge in [0.15, 0.2) is 0 Å². The van der Waals surface area contributed by atoms with Gasteiger partial charge in [-0.15, -0.1) is 0 Å². The number of rotatable bonds is 7. The monoisotopic (exact) mass is 391 g/mol. The molecule has 0 atom stereocenters. The number of para-hydroxylation sites is 1. The standard InChI is InChI=1S/C19H18ClNO6/c1-25-18(23)12-9-13(19(24)26-2)11-14(10-12)21-17(22)7-8-27-16-6-4-3-5-15(16)20/h3-6,9-11H,7-8H2,1-2H3,(H,21,22). The van der Waals surface area contributed by atoms with Gasteiger partial charge in [-0.2, -0.15) is 0 Å². The van der Waals surface area contributed by atoms with Crippen LogP contribution in [0.2, 0.25) is 5.02 Å². The Bertz CT molecular complexity index is 818. The summed E-state index contributed by atoms with van der Waals surface area (Å²) in [6.07, 6.45) is 0.0429. The molecule has 0 bridgehead atoms. The molecule has 2 aromatic carbocycles. The molecule has 0 heterocycles. The van der Waals surface area contributed by atoms with E-state index in [0.29, 0.717) is 10.8 Å². The maximum absolute atomic E-state index is 12.1. The quantitative estimate of drug-likeness (QED) is 0.728.